The van der Waals surface area contributed by atoms with Gasteiger partial charge in [0, 0.05) is 25.1 Å². The summed E-state index contributed by atoms with van der Waals surface area (Å²) < 4.78 is 5.50. The van der Waals surface area contributed by atoms with Crippen LogP contribution in [-0.2, 0) is 4.74 Å². The number of nitrogens with zero attached hydrogens (tertiary/aromatic N) is 1. The van der Waals surface area contributed by atoms with E-state index in [9.17, 15) is 0 Å². The van der Waals surface area contributed by atoms with E-state index in [1.54, 1.807) is 0 Å². The Morgan fingerprint density at radius 2 is 2.31 bits per heavy atom. The predicted octanol–water partition coefficient (Wildman–Crippen LogP) is 1.89. The van der Waals surface area contributed by atoms with Crippen molar-refractivity contribution in [3.8, 4) is 0 Å². The molecule has 0 amide bonds. The SMILES string of the molecule is CC1OCCC1N(C)C/C=C/CCl. The third kappa shape index (κ3) is 3.29. The van der Waals surface area contributed by atoms with Crippen molar-refractivity contribution < 1.29 is 4.74 Å². The van der Waals surface area contributed by atoms with E-state index < -0.39 is 0 Å². The van der Waals surface area contributed by atoms with Crippen molar-refractivity contribution in [3.63, 3.8) is 0 Å². The van der Waals surface area contributed by atoms with E-state index in [-0.39, 0.29) is 0 Å². The summed E-state index contributed by atoms with van der Waals surface area (Å²) in [5.74, 6) is 0.602. The second-order valence-corrected chi connectivity index (χ2v) is 3.81. The lowest BCUT2D eigenvalue weighted by molar-refractivity contribution is 0.0873. The van der Waals surface area contributed by atoms with Crippen molar-refractivity contribution in [3.05, 3.63) is 12.2 Å². The zero-order valence-corrected chi connectivity index (χ0v) is 9.13. The smallest absolute Gasteiger partial charge is 0.0703 e. The molecule has 0 spiro atoms. The number of hydrogen-bond donors (Lipinski definition) is 0. The van der Waals surface area contributed by atoms with E-state index in [1.807, 2.05) is 6.08 Å². The second-order valence-electron chi connectivity index (χ2n) is 3.50. The van der Waals surface area contributed by atoms with Gasteiger partial charge in [-0.3, -0.25) is 4.90 Å². The molecule has 1 fully saturated rings. The summed E-state index contributed by atoms with van der Waals surface area (Å²) >= 11 is 5.54. The van der Waals surface area contributed by atoms with Gasteiger partial charge in [-0.2, -0.15) is 0 Å². The minimum atomic E-state index is 0.370. The minimum Gasteiger partial charge on any atom is -0.377 e. The third-order valence-electron chi connectivity index (χ3n) is 2.55. The molecule has 3 heteroatoms. The van der Waals surface area contributed by atoms with Gasteiger partial charge in [-0.15, -0.1) is 11.6 Å². The van der Waals surface area contributed by atoms with E-state index in [0.717, 1.165) is 19.6 Å². The van der Waals surface area contributed by atoms with E-state index in [0.29, 0.717) is 18.0 Å². The van der Waals surface area contributed by atoms with Crippen LogP contribution in [-0.4, -0.2) is 43.1 Å². The zero-order chi connectivity index (χ0) is 9.68. The molecule has 2 unspecified atom stereocenters. The molecule has 2 nitrogen and oxygen atoms in total. The number of rotatable bonds is 4. The summed E-state index contributed by atoms with van der Waals surface area (Å²) in [6.07, 6.45) is 5.61. The molecule has 1 heterocycles. The summed E-state index contributed by atoms with van der Waals surface area (Å²) in [5, 5.41) is 0. The lowest BCUT2D eigenvalue weighted by Crippen LogP contribution is -2.36. The number of likely N-dealkylation sites (N-methyl/N-ethyl adjacent to an activating group) is 1. The fraction of sp³-hybridized carbons (Fsp3) is 0.800. The fourth-order valence-corrected chi connectivity index (χ4v) is 1.86. The predicted molar refractivity (Wildman–Crippen MR) is 56.3 cm³/mol. The van der Waals surface area contributed by atoms with E-state index in [2.05, 4.69) is 24.9 Å². The van der Waals surface area contributed by atoms with Crippen LogP contribution >= 0.6 is 11.6 Å². The molecule has 0 aromatic heterocycles. The minimum absolute atomic E-state index is 0.370. The summed E-state index contributed by atoms with van der Waals surface area (Å²) in [6, 6.07) is 0.569. The van der Waals surface area contributed by atoms with Crippen molar-refractivity contribution >= 4 is 11.6 Å². The molecule has 1 saturated heterocycles. The molecule has 76 valence electrons. The molecule has 0 radical (unpaired) electrons. The third-order valence-corrected chi connectivity index (χ3v) is 2.73. The van der Waals surface area contributed by atoms with Gasteiger partial charge in [-0.1, -0.05) is 12.2 Å². The molecular formula is C10H18ClNO. The lowest BCUT2D eigenvalue weighted by atomic mass is 10.1. The molecule has 0 aromatic rings. The molecule has 1 rings (SSSR count). The summed E-state index contributed by atoms with van der Waals surface area (Å²) in [5.41, 5.74) is 0. The highest BCUT2D eigenvalue weighted by Crippen LogP contribution is 2.17. The standard InChI is InChI=1S/C10H18ClNO/c1-9-10(5-8-13-9)12(2)7-4-3-6-11/h3-4,9-10H,5-8H2,1-2H3/b4-3+. The number of hydrogen-bond acceptors (Lipinski definition) is 2. The van der Waals surface area contributed by atoms with Crippen LogP contribution in [0.15, 0.2) is 12.2 Å². The number of ether oxygens (including phenoxy) is 1. The van der Waals surface area contributed by atoms with Crippen molar-refractivity contribution in [2.24, 2.45) is 0 Å². The first kappa shape index (κ1) is 11.0. The highest BCUT2D eigenvalue weighted by atomic mass is 35.5. The van der Waals surface area contributed by atoms with Gasteiger partial charge in [-0.25, -0.2) is 0 Å². The van der Waals surface area contributed by atoms with Crippen LogP contribution in [0.4, 0.5) is 0 Å². The maximum absolute atomic E-state index is 5.54. The Kier molecular flexibility index (Phi) is 4.78. The first-order valence-electron chi connectivity index (χ1n) is 4.78. The van der Waals surface area contributed by atoms with Gasteiger partial charge in [0.15, 0.2) is 0 Å². The lowest BCUT2D eigenvalue weighted by Gasteiger charge is -2.25. The van der Waals surface area contributed by atoms with Crippen LogP contribution in [0.2, 0.25) is 0 Å². The zero-order valence-electron chi connectivity index (χ0n) is 8.37. The van der Waals surface area contributed by atoms with Gasteiger partial charge in [0.2, 0.25) is 0 Å². The molecule has 0 bridgehead atoms. The Balaban J connectivity index is 2.29. The van der Waals surface area contributed by atoms with Crippen LogP contribution in [0.25, 0.3) is 0 Å². The van der Waals surface area contributed by atoms with Crippen molar-refractivity contribution in [2.75, 3.05) is 26.1 Å². The van der Waals surface area contributed by atoms with Gasteiger partial charge >= 0.3 is 0 Å². The molecule has 0 aliphatic carbocycles. The van der Waals surface area contributed by atoms with Crippen LogP contribution in [0.3, 0.4) is 0 Å². The van der Waals surface area contributed by atoms with E-state index >= 15 is 0 Å². The molecule has 13 heavy (non-hydrogen) atoms. The van der Waals surface area contributed by atoms with Gasteiger partial charge in [-0.05, 0) is 20.4 Å². The quantitative estimate of drug-likeness (QED) is 0.511. The monoisotopic (exact) mass is 203 g/mol. The molecule has 0 aromatic carbocycles. The maximum Gasteiger partial charge on any atom is 0.0703 e. The normalized spacial score (nSPS) is 29.2. The molecule has 0 N–H and O–H groups in total. The van der Waals surface area contributed by atoms with Gasteiger partial charge in [0.1, 0.15) is 0 Å². The van der Waals surface area contributed by atoms with Gasteiger partial charge < -0.3 is 4.74 Å². The average molecular weight is 204 g/mol. The van der Waals surface area contributed by atoms with Gasteiger partial charge in [0.05, 0.1) is 6.10 Å². The van der Waals surface area contributed by atoms with Crippen LogP contribution in [0.5, 0.6) is 0 Å². The number of halogens is 1. The summed E-state index contributed by atoms with van der Waals surface area (Å²) in [7, 11) is 2.13. The van der Waals surface area contributed by atoms with Crippen LogP contribution < -0.4 is 0 Å². The average Bonchev–Trinajstić information content (AvgIpc) is 2.52. The molecule has 1 aliphatic heterocycles. The molecule has 0 saturated carbocycles. The van der Waals surface area contributed by atoms with Crippen LogP contribution in [0.1, 0.15) is 13.3 Å². The van der Waals surface area contributed by atoms with Crippen molar-refractivity contribution in [1.29, 1.82) is 0 Å². The largest absolute Gasteiger partial charge is 0.377 e. The van der Waals surface area contributed by atoms with Gasteiger partial charge in [0.25, 0.3) is 0 Å². The highest BCUT2D eigenvalue weighted by Gasteiger charge is 2.26. The number of alkyl halides is 1. The summed E-state index contributed by atoms with van der Waals surface area (Å²) in [6.45, 7) is 4.00. The summed E-state index contributed by atoms with van der Waals surface area (Å²) in [4.78, 5) is 2.32. The van der Waals surface area contributed by atoms with E-state index in [4.69, 9.17) is 16.3 Å². The first-order chi connectivity index (χ1) is 6.25. The molecule has 1 aliphatic rings. The Hall–Kier alpha value is -0.0500. The topological polar surface area (TPSA) is 12.5 Å². The van der Waals surface area contributed by atoms with Crippen molar-refractivity contribution in [2.45, 2.75) is 25.5 Å². The molecular weight excluding hydrogens is 186 g/mol. The van der Waals surface area contributed by atoms with Crippen molar-refractivity contribution in [1.82, 2.24) is 4.90 Å². The first-order valence-corrected chi connectivity index (χ1v) is 5.32. The van der Waals surface area contributed by atoms with E-state index in [1.165, 1.54) is 0 Å². The Morgan fingerprint density at radius 3 is 2.85 bits per heavy atom. The second kappa shape index (κ2) is 5.63. The highest BCUT2D eigenvalue weighted by molar-refractivity contribution is 6.18. The molecule has 2 atom stereocenters. The fourth-order valence-electron chi connectivity index (χ4n) is 1.74. The Bertz CT molecular complexity index is 172. The van der Waals surface area contributed by atoms with Crippen LogP contribution in [0, 0.1) is 0 Å². The Morgan fingerprint density at radius 1 is 1.54 bits per heavy atom. The number of allylic oxidation sites excluding steroid dienone is 1. The maximum atomic E-state index is 5.54. The Labute approximate surface area is 85.5 Å².